The van der Waals surface area contributed by atoms with E-state index < -0.39 is 18.2 Å². The number of aliphatic hydroxyl groups is 1. The summed E-state index contributed by atoms with van der Waals surface area (Å²) in [7, 11) is 0. The topological polar surface area (TPSA) is 94.1 Å². The molecule has 0 aliphatic carbocycles. The van der Waals surface area contributed by atoms with E-state index in [-0.39, 0.29) is 25.6 Å². The quantitative estimate of drug-likeness (QED) is 0.186. The summed E-state index contributed by atoms with van der Waals surface area (Å²) in [5.41, 5.74) is 1.29. The number of carbonyl (C=O) groups excluding carboxylic acids is 2. The molecule has 31 heavy (non-hydrogen) atoms. The van der Waals surface area contributed by atoms with Crippen LogP contribution in [0.4, 0.5) is 10.5 Å². The van der Waals surface area contributed by atoms with Gasteiger partial charge in [0.2, 0.25) is 0 Å². The molecule has 0 aliphatic rings. The SMILES string of the molecule is CSc1ccc(NC(=O)O[C@@H](CCCOC(=O)CS)c2ccccc2OCCO)cc1. The standard InChI is InChI=1S/C22H27NO6S2/c1-31-17-10-8-16(9-11-17)23-22(26)29-20(7-4-13-28-21(25)15-30)18-5-2-3-6-19(18)27-14-12-24/h2-3,5-6,8-11,20,24,30H,4,7,12-15H2,1H3,(H,23,26)/t20-/m0/s1. The summed E-state index contributed by atoms with van der Waals surface area (Å²) in [5.74, 6) is 0.125. The normalized spacial score (nSPS) is 11.5. The van der Waals surface area contributed by atoms with E-state index in [1.165, 1.54) is 0 Å². The fourth-order valence-electron chi connectivity index (χ4n) is 2.76. The number of hydrogen-bond acceptors (Lipinski definition) is 8. The van der Waals surface area contributed by atoms with Gasteiger partial charge in [0.05, 0.1) is 19.0 Å². The molecule has 2 rings (SSSR count). The van der Waals surface area contributed by atoms with Crippen LogP contribution in [0.25, 0.3) is 0 Å². The van der Waals surface area contributed by atoms with Crippen molar-refractivity contribution in [3.8, 4) is 5.75 Å². The first kappa shape index (κ1) is 24.9. The van der Waals surface area contributed by atoms with Crippen LogP contribution in [0.5, 0.6) is 5.75 Å². The molecule has 9 heteroatoms. The zero-order valence-corrected chi connectivity index (χ0v) is 19.0. The highest BCUT2D eigenvalue weighted by molar-refractivity contribution is 7.98. The van der Waals surface area contributed by atoms with Crippen LogP contribution in [0.15, 0.2) is 53.4 Å². The highest BCUT2D eigenvalue weighted by Crippen LogP contribution is 2.31. The molecule has 2 N–H and O–H groups in total. The predicted octanol–water partition coefficient (Wildman–Crippen LogP) is 4.32. The van der Waals surface area contributed by atoms with Gasteiger partial charge in [0.1, 0.15) is 18.5 Å². The maximum Gasteiger partial charge on any atom is 0.412 e. The van der Waals surface area contributed by atoms with Gasteiger partial charge in [0.15, 0.2) is 0 Å². The third kappa shape index (κ3) is 8.72. The average molecular weight is 466 g/mol. The van der Waals surface area contributed by atoms with Gasteiger partial charge in [-0.05, 0) is 49.4 Å². The summed E-state index contributed by atoms with van der Waals surface area (Å²) in [6, 6.07) is 14.6. The summed E-state index contributed by atoms with van der Waals surface area (Å²) < 4.78 is 16.4. The number of esters is 1. The number of nitrogens with one attached hydrogen (secondary N) is 1. The van der Waals surface area contributed by atoms with E-state index in [2.05, 4.69) is 17.9 Å². The van der Waals surface area contributed by atoms with Gasteiger partial charge in [-0.2, -0.15) is 12.6 Å². The second-order valence-corrected chi connectivity index (χ2v) is 7.57. The molecule has 7 nitrogen and oxygen atoms in total. The van der Waals surface area contributed by atoms with Crippen molar-refractivity contribution >= 4 is 42.1 Å². The number of amides is 1. The van der Waals surface area contributed by atoms with Crippen molar-refractivity contribution < 1.29 is 28.9 Å². The number of aliphatic hydroxyl groups excluding tert-OH is 1. The lowest BCUT2D eigenvalue weighted by Crippen LogP contribution is -2.19. The zero-order valence-electron chi connectivity index (χ0n) is 17.3. The number of ether oxygens (including phenoxy) is 3. The lowest BCUT2D eigenvalue weighted by Gasteiger charge is -2.21. The minimum atomic E-state index is -0.630. The molecule has 2 aromatic rings. The van der Waals surface area contributed by atoms with Gasteiger partial charge in [0, 0.05) is 16.1 Å². The van der Waals surface area contributed by atoms with Gasteiger partial charge < -0.3 is 19.3 Å². The maximum atomic E-state index is 12.5. The summed E-state index contributed by atoms with van der Waals surface area (Å²) in [6.45, 7) is 0.181. The molecule has 0 aliphatic heterocycles. The fourth-order valence-corrected chi connectivity index (χ4v) is 3.26. The Morgan fingerprint density at radius 3 is 2.55 bits per heavy atom. The second-order valence-electron chi connectivity index (χ2n) is 6.38. The molecule has 0 saturated heterocycles. The molecule has 1 amide bonds. The third-order valence-electron chi connectivity index (χ3n) is 4.20. The number of carbonyl (C=O) groups is 2. The zero-order chi connectivity index (χ0) is 22.5. The van der Waals surface area contributed by atoms with Crippen molar-refractivity contribution in [2.24, 2.45) is 0 Å². The number of para-hydroxylation sites is 1. The lowest BCUT2D eigenvalue weighted by atomic mass is 10.0. The van der Waals surface area contributed by atoms with Crippen LogP contribution >= 0.6 is 24.4 Å². The molecule has 168 valence electrons. The first-order valence-electron chi connectivity index (χ1n) is 9.78. The van der Waals surface area contributed by atoms with Crippen LogP contribution < -0.4 is 10.1 Å². The molecule has 2 aromatic carbocycles. The smallest absolute Gasteiger partial charge is 0.412 e. The Morgan fingerprint density at radius 1 is 1.13 bits per heavy atom. The number of rotatable bonds is 12. The number of thiol groups is 1. The molecular weight excluding hydrogens is 438 g/mol. The minimum Gasteiger partial charge on any atom is -0.491 e. The van der Waals surface area contributed by atoms with Gasteiger partial charge in [0.25, 0.3) is 0 Å². The van der Waals surface area contributed by atoms with Gasteiger partial charge in [-0.15, -0.1) is 11.8 Å². The molecule has 0 spiro atoms. The van der Waals surface area contributed by atoms with E-state index in [0.29, 0.717) is 29.8 Å². The van der Waals surface area contributed by atoms with E-state index >= 15 is 0 Å². The molecule has 0 heterocycles. The van der Waals surface area contributed by atoms with Gasteiger partial charge in [-0.1, -0.05) is 18.2 Å². The van der Waals surface area contributed by atoms with Crippen molar-refractivity contribution in [1.29, 1.82) is 0 Å². The summed E-state index contributed by atoms with van der Waals surface area (Å²) in [5, 5.41) is 11.8. The maximum absolute atomic E-state index is 12.5. The highest BCUT2D eigenvalue weighted by Gasteiger charge is 2.21. The van der Waals surface area contributed by atoms with E-state index in [9.17, 15) is 9.59 Å². The Labute approximate surface area is 191 Å². The van der Waals surface area contributed by atoms with E-state index in [1.54, 1.807) is 42.1 Å². The second kappa shape index (κ2) is 13.8. The van der Waals surface area contributed by atoms with Crippen LogP contribution in [0.2, 0.25) is 0 Å². The Bertz CT molecular complexity index is 831. The monoisotopic (exact) mass is 465 g/mol. The van der Waals surface area contributed by atoms with Crippen molar-refractivity contribution in [3.05, 3.63) is 54.1 Å². The molecule has 0 aromatic heterocycles. The Kier molecular flexibility index (Phi) is 11.1. The van der Waals surface area contributed by atoms with Crippen molar-refractivity contribution in [3.63, 3.8) is 0 Å². The third-order valence-corrected chi connectivity index (χ3v) is 5.21. The lowest BCUT2D eigenvalue weighted by molar-refractivity contribution is -0.140. The minimum absolute atomic E-state index is 0.00942. The molecule has 1 atom stereocenters. The van der Waals surface area contributed by atoms with Crippen LogP contribution in [0.1, 0.15) is 24.5 Å². The van der Waals surface area contributed by atoms with Crippen LogP contribution in [0, 0.1) is 0 Å². The Morgan fingerprint density at radius 2 is 1.87 bits per heavy atom. The van der Waals surface area contributed by atoms with Crippen LogP contribution in [-0.2, 0) is 14.3 Å². The Balaban J connectivity index is 2.09. The Hall–Kier alpha value is -2.36. The first-order chi connectivity index (χ1) is 15.1. The summed E-state index contributed by atoms with van der Waals surface area (Å²) in [4.78, 5) is 24.9. The summed E-state index contributed by atoms with van der Waals surface area (Å²) >= 11 is 5.49. The number of benzene rings is 2. The fraction of sp³-hybridized carbons (Fsp3) is 0.364. The first-order valence-corrected chi connectivity index (χ1v) is 11.6. The van der Waals surface area contributed by atoms with Crippen molar-refractivity contribution in [1.82, 2.24) is 0 Å². The largest absolute Gasteiger partial charge is 0.491 e. The van der Waals surface area contributed by atoms with Gasteiger partial charge >= 0.3 is 12.1 Å². The van der Waals surface area contributed by atoms with Gasteiger partial charge in [-0.25, -0.2) is 4.79 Å². The molecule has 0 radical (unpaired) electrons. The number of hydrogen-bond donors (Lipinski definition) is 3. The van der Waals surface area contributed by atoms with E-state index in [1.807, 2.05) is 24.5 Å². The number of thioether (sulfide) groups is 1. The molecule has 0 unspecified atom stereocenters. The number of anilines is 1. The van der Waals surface area contributed by atoms with Crippen LogP contribution in [0.3, 0.4) is 0 Å². The van der Waals surface area contributed by atoms with Gasteiger partial charge in [-0.3, -0.25) is 10.1 Å². The summed E-state index contributed by atoms with van der Waals surface area (Å²) in [6.07, 6.45) is 1.64. The van der Waals surface area contributed by atoms with Crippen LogP contribution in [-0.4, -0.2) is 49.0 Å². The highest BCUT2D eigenvalue weighted by atomic mass is 32.2. The van der Waals surface area contributed by atoms with Crippen molar-refractivity contribution in [2.45, 2.75) is 23.8 Å². The van der Waals surface area contributed by atoms with E-state index in [4.69, 9.17) is 19.3 Å². The van der Waals surface area contributed by atoms with Crippen molar-refractivity contribution in [2.75, 3.05) is 37.1 Å². The molecule has 0 bridgehead atoms. The predicted molar refractivity (Wildman–Crippen MR) is 124 cm³/mol. The average Bonchev–Trinajstić information content (AvgIpc) is 2.80. The van der Waals surface area contributed by atoms with E-state index in [0.717, 1.165) is 4.90 Å². The molecule has 0 saturated carbocycles. The molecular formula is C22H27NO6S2. The molecule has 0 fully saturated rings.